The number of piperidine rings is 1. The van der Waals surface area contributed by atoms with Crippen LogP contribution in [0.5, 0.6) is 0 Å². The standard InChI is InChI=1S/C13H21N3O2/c1-18-9-6-13(11-17)5-3-8-16(10-13)12-4-2-7-14-15-12/h2,4,7,17H,3,5-6,8-11H2,1H3. The number of rotatable bonds is 5. The van der Waals surface area contributed by atoms with E-state index in [0.717, 1.165) is 38.2 Å². The van der Waals surface area contributed by atoms with E-state index in [-0.39, 0.29) is 12.0 Å². The highest BCUT2D eigenvalue weighted by molar-refractivity contribution is 5.37. The van der Waals surface area contributed by atoms with E-state index >= 15 is 0 Å². The van der Waals surface area contributed by atoms with Gasteiger partial charge in [0.1, 0.15) is 0 Å². The minimum Gasteiger partial charge on any atom is -0.396 e. The lowest BCUT2D eigenvalue weighted by molar-refractivity contribution is 0.0624. The fourth-order valence-corrected chi connectivity index (χ4v) is 2.60. The summed E-state index contributed by atoms with van der Waals surface area (Å²) in [7, 11) is 1.70. The Morgan fingerprint density at radius 2 is 2.44 bits per heavy atom. The minimum atomic E-state index is -0.0637. The summed E-state index contributed by atoms with van der Waals surface area (Å²) in [6.45, 7) is 2.70. The molecule has 2 rings (SSSR count). The summed E-state index contributed by atoms with van der Waals surface area (Å²) >= 11 is 0. The van der Waals surface area contributed by atoms with Gasteiger partial charge in [0.2, 0.25) is 0 Å². The Morgan fingerprint density at radius 1 is 1.56 bits per heavy atom. The maximum atomic E-state index is 9.71. The number of aliphatic hydroxyl groups is 1. The molecule has 0 aliphatic carbocycles. The molecular formula is C13H21N3O2. The molecule has 5 heteroatoms. The number of hydrogen-bond donors (Lipinski definition) is 1. The molecule has 1 aliphatic heterocycles. The van der Waals surface area contributed by atoms with Gasteiger partial charge in [-0.2, -0.15) is 5.10 Å². The summed E-state index contributed by atoms with van der Waals surface area (Å²) in [6.07, 6.45) is 4.68. The molecule has 0 bridgehead atoms. The molecule has 1 N–H and O–H groups in total. The lowest BCUT2D eigenvalue weighted by Crippen LogP contribution is -2.46. The van der Waals surface area contributed by atoms with E-state index in [2.05, 4.69) is 15.1 Å². The second kappa shape index (κ2) is 6.11. The van der Waals surface area contributed by atoms with Crippen LogP contribution in [0.4, 0.5) is 5.82 Å². The van der Waals surface area contributed by atoms with Crippen LogP contribution in [0, 0.1) is 5.41 Å². The van der Waals surface area contributed by atoms with E-state index in [4.69, 9.17) is 4.74 Å². The third-order valence-electron chi connectivity index (χ3n) is 3.72. The molecule has 1 aromatic rings. The van der Waals surface area contributed by atoms with Gasteiger partial charge in [-0.3, -0.25) is 0 Å². The number of hydrogen-bond acceptors (Lipinski definition) is 5. The zero-order valence-corrected chi connectivity index (χ0v) is 10.9. The molecule has 100 valence electrons. The number of methoxy groups -OCH3 is 1. The van der Waals surface area contributed by atoms with Gasteiger partial charge in [0.15, 0.2) is 5.82 Å². The molecule has 1 aromatic heterocycles. The van der Waals surface area contributed by atoms with Gasteiger partial charge < -0.3 is 14.7 Å². The summed E-state index contributed by atoms with van der Waals surface area (Å²) in [5.41, 5.74) is -0.0637. The lowest BCUT2D eigenvalue weighted by atomic mass is 9.78. The molecule has 1 fully saturated rings. The van der Waals surface area contributed by atoms with Crippen molar-refractivity contribution in [3.63, 3.8) is 0 Å². The largest absolute Gasteiger partial charge is 0.396 e. The molecule has 2 heterocycles. The van der Waals surface area contributed by atoms with Crippen molar-refractivity contribution in [1.82, 2.24) is 10.2 Å². The van der Waals surface area contributed by atoms with Gasteiger partial charge in [-0.1, -0.05) is 0 Å². The van der Waals surface area contributed by atoms with Crippen molar-refractivity contribution in [2.45, 2.75) is 19.3 Å². The van der Waals surface area contributed by atoms with Crippen LogP contribution in [0.25, 0.3) is 0 Å². The smallest absolute Gasteiger partial charge is 0.151 e. The topological polar surface area (TPSA) is 58.5 Å². The van der Waals surface area contributed by atoms with Crippen LogP contribution in [-0.4, -0.2) is 48.7 Å². The van der Waals surface area contributed by atoms with Gasteiger partial charge in [0, 0.05) is 38.4 Å². The number of aliphatic hydroxyl groups excluding tert-OH is 1. The maximum absolute atomic E-state index is 9.71. The van der Waals surface area contributed by atoms with Crippen LogP contribution >= 0.6 is 0 Å². The highest BCUT2D eigenvalue weighted by Crippen LogP contribution is 2.34. The van der Waals surface area contributed by atoms with Crippen molar-refractivity contribution in [2.75, 3.05) is 38.3 Å². The van der Waals surface area contributed by atoms with E-state index < -0.39 is 0 Å². The van der Waals surface area contributed by atoms with Crippen molar-refractivity contribution in [3.8, 4) is 0 Å². The zero-order chi connectivity index (χ0) is 12.8. The first-order chi connectivity index (χ1) is 8.79. The number of ether oxygens (including phenoxy) is 1. The predicted octanol–water partition coefficient (Wildman–Crippen LogP) is 1.09. The molecule has 1 aliphatic rings. The first-order valence-corrected chi connectivity index (χ1v) is 6.42. The van der Waals surface area contributed by atoms with E-state index in [9.17, 15) is 5.11 Å². The van der Waals surface area contributed by atoms with Crippen molar-refractivity contribution < 1.29 is 9.84 Å². The average molecular weight is 251 g/mol. The number of anilines is 1. The van der Waals surface area contributed by atoms with Gasteiger partial charge in [-0.05, 0) is 31.4 Å². The van der Waals surface area contributed by atoms with Crippen LogP contribution in [0.1, 0.15) is 19.3 Å². The van der Waals surface area contributed by atoms with Crippen LogP contribution in [-0.2, 0) is 4.74 Å². The van der Waals surface area contributed by atoms with Crippen LogP contribution in [0.2, 0.25) is 0 Å². The normalized spacial score (nSPS) is 24.2. The zero-order valence-electron chi connectivity index (χ0n) is 10.9. The molecule has 1 unspecified atom stereocenters. The van der Waals surface area contributed by atoms with Gasteiger partial charge in [0.05, 0.1) is 6.61 Å². The Kier molecular flexibility index (Phi) is 4.49. The second-order valence-corrected chi connectivity index (χ2v) is 5.01. The van der Waals surface area contributed by atoms with Crippen LogP contribution < -0.4 is 4.90 Å². The molecule has 0 aromatic carbocycles. The highest BCUT2D eigenvalue weighted by atomic mass is 16.5. The van der Waals surface area contributed by atoms with Crippen molar-refractivity contribution in [1.29, 1.82) is 0 Å². The summed E-state index contributed by atoms with van der Waals surface area (Å²) in [6, 6.07) is 3.86. The van der Waals surface area contributed by atoms with Crippen molar-refractivity contribution in [3.05, 3.63) is 18.3 Å². The fraction of sp³-hybridized carbons (Fsp3) is 0.692. The molecule has 1 saturated heterocycles. The summed E-state index contributed by atoms with van der Waals surface area (Å²) in [5.74, 6) is 0.896. The SMILES string of the molecule is COCCC1(CO)CCCN(c2cccnn2)C1. The Hall–Kier alpha value is -1.20. The van der Waals surface area contributed by atoms with Crippen molar-refractivity contribution in [2.24, 2.45) is 5.41 Å². The number of nitrogens with zero attached hydrogens (tertiary/aromatic N) is 3. The predicted molar refractivity (Wildman–Crippen MR) is 69.5 cm³/mol. The first kappa shape index (κ1) is 13.2. The van der Waals surface area contributed by atoms with E-state index in [1.165, 1.54) is 0 Å². The molecule has 0 amide bonds. The maximum Gasteiger partial charge on any atom is 0.151 e. The summed E-state index contributed by atoms with van der Waals surface area (Å²) < 4.78 is 5.15. The Morgan fingerprint density at radius 3 is 3.11 bits per heavy atom. The van der Waals surface area contributed by atoms with Crippen LogP contribution in [0.3, 0.4) is 0 Å². The number of aromatic nitrogens is 2. The van der Waals surface area contributed by atoms with Crippen LogP contribution in [0.15, 0.2) is 18.3 Å². The quantitative estimate of drug-likeness (QED) is 0.849. The summed E-state index contributed by atoms with van der Waals surface area (Å²) in [4.78, 5) is 2.21. The molecule has 18 heavy (non-hydrogen) atoms. The third-order valence-corrected chi connectivity index (χ3v) is 3.72. The summed E-state index contributed by atoms with van der Waals surface area (Å²) in [5, 5.41) is 17.8. The molecule has 0 radical (unpaired) electrons. The average Bonchev–Trinajstić information content (AvgIpc) is 2.46. The fourth-order valence-electron chi connectivity index (χ4n) is 2.60. The Bertz CT molecular complexity index is 361. The third kappa shape index (κ3) is 2.97. The molecule has 5 nitrogen and oxygen atoms in total. The van der Waals surface area contributed by atoms with E-state index in [1.807, 2.05) is 12.1 Å². The van der Waals surface area contributed by atoms with Gasteiger partial charge in [0.25, 0.3) is 0 Å². The molecule has 0 spiro atoms. The van der Waals surface area contributed by atoms with Gasteiger partial charge in [-0.15, -0.1) is 5.10 Å². The second-order valence-electron chi connectivity index (χ2n) is 5.01. The van der Waals surface area contributed by atoms with Crippen molar-refractivity contribution >= 4 is 5.82 Å². The monoisotopic (exact) mass is 251 g/mol. The van der Waals surface area contributed by atoms with Gasteiger partial charge >= 0.3 is 0 Å². The molecule has 0 saturated carbocycles. The molecule has 1 atom stereocenters. The lowest BCUT2D eigenvalue weighted by Gasteiger charge is -2.42. The highest BCUT2D eigenvalue weighted by Gasteiger charge is 2.35. The molecular weight excluding hydrogens is 230 g/mol. The Balaban J connectivity index is 2.07. The minimum absolute atomic E-state index is 0.0637. The van der Waals surface area contributed by atoms with E-state index in [1.54, 1.807) is 13.3 Å². The van der Waals surface area contributed by atoms with Gasteiger partial charge in [-0.25, -0.2) is 0 Å². The first-order valence-electron chi connectivity index (χ1n) is 6.42. The Labute approximate surface area is 108 Å². The van der Waals surface area contributed by atoms with E-state index in [0.29, 0.717) is 6.61 Å².